The van der Waals surface area contributed by atoms with E-state index in [1.807, 2.05) is 0 Å². The van der Waals surface area contributed by atoms with Crippen molar-refractivity contribution in [2.45, 2.75) is 5.41 Å². The molecule has 9 aromatic carbocycles. The summed E-state index contributed by atoms with van der Waals surface area (Å²) in [6.07, 6.45) is 2.24. The molecule has 0 atom stereocenters. The second-order valence-electron chi connectivity index (χ2n) is 16.1. The van der Waals surface area contributed by atoms with Gasteiger partial charge in [-0.1, -0.05) is 182 Å². The molecule has 0 N–H and O–H groups in total. The van der Waals surface area contributed by atoms with Crippen molar-refractivity contribution in [3.63, 3.8) is 0 Å². The van der Waals surface area contributed by atoms with Crippen molar-refractivity contribution in [3.05, 3.63) is 265 Å². The van der Waals surface area contributed by atoms with Crippen molar-refractivity contribution in [1.82, 2.24) is 4.40 Å². The molecule has 2 heteroatoms. The van der Waals surface area contributed by atoms with Crippen LogP contribution in [0.4, 0.5) is 17.1 Å². The summed E-state index contributed by atoms with van der Waals surface area (Å²) >= 11 is 0. The third kappa shape index (κ3) is 5.43. The SMILES string of the molecule is c1ccc(-c2c3ccccc3n3ccc4cc(-c5cccc(N(c6ccccc6)c6ccc7c(c6)C(c6ccccc6)(c6ccccc6)c6ccccc6-7)c5)ccc4c23)cc1. The van der Waals surface area contributed by atoms with Crippen LogP contribution in [-0.2, 0) is 5.41 Å². The summed E-state index contributed by atoms with van der Waals surface area (Å²) in [5.41, 5.74) is 17.8. The predicted octanol–water partition coefficient (Wildman–Crippen LogP) is 15.4. The molecule has 0 amide bonds. The molecule has 1 aliphatic carbocycles. The average molecular weight is 777 g/mol. The van der Waals surface area contributed by atoms with Gasteiger partial charge in [-0.3, -0.25) is 0 Å². The summed E-state index contributed by atoms with van der Waals surface area (Å²) in [6.45, 7) is 0. The number of nitrogens with zero attached hydrogens (tertiary/aromatic N) is 2. The van der Waals surface area contributed by atoms with E-state index in [1.165, 1.54) is 82.8 Å². The molecule has 0 spiro atoms. The van der Waals surface area contributed by atoms with Gasteiger partial charge in [-0.25, -0.2) is 0 Å². The number of para-hydroxylation sites is 2. The molecule has 286 valence electrons. The fraction of sp³-hybridized carbons (Fsp3) is 0.0169. The molecular formula is C59H40N2. The Labute approximate surface area is 355 Å². The summed E-state index contributed by atoms with van der Waals surface area (Å²) in [7, 11) is 0. The number of benzene rings is 9. The van der Waals surface area contributed by atoms with Crippen LogP contribution >= 0.6 is 0 Å². The fourth-order valence-corrected chi connectivity index (χ4v) is 10.3. The van der Waals surface area contributed by atoms with Gasteiger partial charge >= 0.3 is 0 Å². The highest BCUT2D eigenvalue weighted by Crippen LogP contribution is 2.57. The second-order valence-corrected chi connectivity index (χ2v) is 16.1. The lowest BCUT2D eigenvalue weighted by Gasteiger charge is -2.35. The normalized spacial score (nSPS) is 12.7. The zero-order valence-corrected chi connectivity index (χ0v) is 33.5. The number of anilines is 3. The maximum absolute atomic E-state index is 2.45. The van der Waals surface area contributed by atoms with Crippen LogP contribution in [0.3, 0.4) is 0 Å². The molecular weight excluding hydrogens is 737 g/mol. The standard InChI is InChI=1S/C59H40N2/c1-5-18-41(19-6-1)57-53-29-14-16-31-56(53)60-37-36-44-38-43(32-34-50(44)58(57)60)42-20-17-27-48(39-42)61(47-25-11-4-12-26-47)49-33-35-52-51-28-13-15-30-54(51)59(55(52)40-49,45-21-7-2-8-22-45)46-23-9-3-10-24-46/h1-40H. The van der Waals surface area contributed by atoms with Crippen LogP contribution in [0, 0.1) is 0 Å². The number of fused-ring (bicyclic) bond motifs is 8. The maximum Gasteiger partial charge on any atom is 0.0714 e. The molecule has 1 aliphatic rings. The van der Waals surface area contributed by atoms with E-state index in [1.54, 1.807) is 0 Å². The molecule has 0 aliphatic heterocycles. The first kappa shape index (κ1) is 35.0. The molecule has 0 saturated heterocycles. The highest BCUT2D eigenvalue weighted by molar-refractivity contribution is 6.15. The number of aromatic nitrogens is 1. The number of hydrogen-bond acceptors (Lipinski definition) is 1. The van der Waals surface area contributed by atoms with Crippen LogP contribution in [0.2, 0.25) is 0 Å². The van der Waals surface area contributed by atoms with E-state index in [0.717, 1.165) is 17.1 Å². The summed E-state index contributed by atoms with van der Waals surface area (Å²) < 4.78 is 2.36. The highest BCUT2D eigenvalue weighted by Gasteiger charge is 2.46. The first-order chi connectivity index (χ1) is 30.3. The van der Waals surface area contributed by atoms with Crippen molar-refractivity contribution in [2.24, 2.45) is 0 Å². The lowest BCUT2D eigenvalue weighted by Crippen LogP contribution is -2.28. The summed E-state index contributed by atoms with van der Waals surface area (Å²) in [4.78, 5) is 2.41. The molecule has 2 aromatic heterocycles. The lowest BCUT2D eigenvalue weighted by atomic mass is 9.67. The second kappa shape index (κ2) is 14.1. The van der Waals surface area contributed by atoms with Gasteiger partial charge in [-0.15, -0.1) is 0 Å². The Morgan fingerprint density at radius 1 is 0.361 bits per heavy atom. The lowest BCUT2D eigenvalue weighted by molar-refractivity contribution is 0.768. The van der Waals surface area contributed by atoms with E-state index in [0.29, 0.717) is 0 Å². The van der Waals surface area contributed by atoms with Gasteiger partial charge in [0.05, 0.1) is 16.4 Å². The van der Waals surface area contributed by atoms with Crippen LogP contribution in [0.25, 0.3) is 60.6 Å². The van der Waals surface area contributed by atoms with Gasteiger partial charge < -0.3 is 9.30 Å². The van der Waals surface area contributed by atoms with E-state index in [2.05, 4.69) is 252 Å². The molecule has 0 saturated carbocycles. The molecule has 11 aromatic rings. The van der Waals surface area contributed by atoms with Crippen LogP contribution < -0.4 is 4.90 Å². The third-order valence-corrected chi connectivity index (χ3v) is 12.8. The smallest absolute Gasteiger partial charge is 0.0714 e. The minimum Gasteiger partial charge on any atom is -0.315 e. The zero-order valence-electron chi connectivity index (χ0n) is 33.5. The van der Waals surface area contributed by atoms with Crippen LogP contribution in [0.15, 0.2) is 243 Å². The van der Waals surface area contributed by atoms with Crippen molar-refractivity contribution in [3.8, 4) is 33.4 Å². The quantitative estimate of drug-likeness (QED) is 0.156. The molecule has 61 heavy (non-hydrogen) atoms. The number of rotatable bonds is 7. The van der Waals surface area contributed by atoms with E-state index >= 15 is 0 Å². The topological polar surface area (TPSA) is 7.65 Å². The average Bonchev–Trinajstić information content (AvgIpc) is 3.84. The monoisotopic (exact) mass is 776 g/mol. The number of hydrogen-bond donors (Lipinski definition) is 0. The van der Waals surface area contributed by atoms with Crippen LogP contribution in [0.1, 0.15) is 22.3 Å². The van der Waals surface area contributed by atoms with Gasteiger partial charge in [0.1, 0.15) is 0 Å². The van der Waals surface area contributed by atoms with E-state index in [9.17, 15) is 0 Å². The highest BCUT2D eigenvalue weighted by atomic mass is 15.1. The Morgan fingerprint density at radius 2 is 0.951 bits per heavy atom. The number of pyridine rings is 1. The van der Waals surface area contributed by atoms with Crippen LogP contribution in [0.5, 0.6) is 0 Å². The Hall–Kier alpha value is -7.94. The van der Waals surface area contributed by atoms with Gasteiger partial charge in [-0.2, -0.15) is 0 Å². The molecule has 0 bridgehead atoms. The van der Waals surface area contributed by atoms with Crippen molar-refractivity contribution < 1.29 is 0 Å². The van der Waals surface area contributed by atoms with E-state index in [-0.39, 0.29) is 0 Å². The van der Waals surface area contributed by atoms with Gasteiger partial charge in [0, 0.05) is 39.6 Å². The first-order valence-corrected chi connectivity index (χ1v) is 21.1. The molecule has 0 fully saturated rings. The Bertz CT molecular complexity index is 3360. The molecule has 2 heterocycles. The zero-order chi connectivity index (χ0) is 40.3. The minimum atomic E-state index is -0.489. The van der Waals surface area contributed by atoms with E-state index < -0.39 is 5.41 Å². The predicted molar refractivity (Wildman–Crippen MR) is 255 cm³/mol. The molecule has 12 rings (SSSR count). The van der Waals surface area contributed by atoms with Gasteiger partial charge in [-0.05, 0) is 110 Å². The molecule has 2 nitrogen and oxygen atoms in total. The Kier molecular flexibility index (Phi) is 8.11. The van der Waals surface area contributed by atoms with E-state index in [4.69, 9.17) is 0 Å². The van der Waals surface area contributed by atoms with Crippen LogP contribution in [-0.4, -0.2) is 4.40 Å². The largest absolute Gasteiger partial charge is 0.315 e. The van der Waals surface area contributed by atoms with Crippen molar-refractivity contribution >= 4 is 44.3 Å². The first-order valence-electron chi connectivity index (χ1n) is 21.1. The van der Waals surface area contributed by atoms with Gasteiger partial charge in [0.25, 0.3) is 0 Å². The Morgan fingerprint density at radius 3 is 1.72 bits per heavy atom. The van der Waals surface area contributed by atoms with Crippen molar-refractivity contribution in [2.75, 3.05) is 4.90 Å². The summed E-state index contributed by atoms with van der Waals surface area (Å²) in [6, 6.07) is 86.7. The minimum absolute atomic E-state index is 0.489. The summed E-state index contributed by atoms with van der Waals surface area (Å²) in [5.74, 6) is 0. The maximum atomic E-state index is 2.45. The fourth-order valence-electron chi connectivity index (χ4n) is 10.3. The Balaban J connectivity index is 1.03. The van der Waals surface area contributed by atoms with Crippen molar-refractivity contribution in [1.29, 1.82) is 0 Å². The third-order valence-electron chi connectivity index (χ3n) is 12.8. The molecule has 0 unspecified atom stereocenters. The summed E-state index contributed by atoms with van der Waals surface area (Å²) in [5, 5.41) is 3.72. The van der Waals surface area contributed by atoms with Gasteiger partial charge in [0.2, 0.25) is 0 Å². The molecule has 0 radical (unpaired) electrons. The van der Waals surface area contributed by atoms with Gasteiger partial charge in [0.15, 0.2) is 0 Å².